The number of nitrogens with zero attached hydrogens (tertiary/aromatic N) is 1. The van der Waals surface area contributed by atoms with E-state index < -0.39 is 54.7 Å². The molecule has 0 aliphatic heterocycles. The molecule has 1 amide bonds. The number of aliphatic hydroxyl groups excluding tert-OH is 2. The Morgan fingerprint density at radius 3 is 1.95 bits per heavy atom. The number of amides is 1. The number of anilines is 1. The van der Waals surface area contributed by atoms with E-state index in [0.29, 0.717) is 39.3 Å². The number of benzene rings is 4. The summed E-state index contributed by atoms with van der Waals surface area (Å²) < 4.78 is 27.6. The molecule has 3 N–H and O–H groups in total. The van der Waals surface area contributed by atoms with Crippen molar-refractivity contribution in [1.29, 1.82) is 0 Å². The van der Waals surface area contributed by atoms with Crippen molar-refractivity contribution < 1.29 is 77.9 Å². The first-order valence-corrected chi connectivity index (χ1v) is 21.5. The van der Waals surface area contributed by atoms with Crippen LogP contribution in [0.15, 0.2) is 109 Å². The molecule has 0 unspecified atom stereocenters. The van der Waals surface area contributed by atoms with Crippen molar-refractivity contribution >= 4 is 62.4 Å². The molecule has 2 heterocycles. The number of aliphatic hydroxyl groups is 2. The number of hydrogen-bond acceptors (Lipinski definition) is 12. The molecule has 0 saturated heterocycles. The normalized spacial score (nSPS) is 12.0. The molecule has 4 aromatic carbocycles. The maximum Gasteiger partial charge on any atom is 1.00 e. The molecule has 0 fully saturated rings. The van der Waals surface area contributed by atoms with Crippen molar-refractivity contribution in [3.8, 4) is 44.3 Å². The van der Waals surface area contributed by atoms with Crippen LogP contribution < -0.4 is 49.5 Å². The number of carboxylic acid groups (broad SMARTS) is 1. The number of carbonyl (C=O) groups is 4. The first kappa shape index (κ1) is 47.2. The third kappa shape index (κ3) is 12.6. The summed E-state index contributed by atoms with van der Waals surface area (Å²) in [6.07, 6.45) is -3.76. The molecule has 6 aromatic rings. The molecule has 0 aliphatic rings. The number of aromatic nitrogens is 1. The van der Waals surface area contributed by atoms with Gasteiger partial charge in [-0.2, -0.15) is 0 Å². The minimum absolute atomic E-state index is 0. The first-order chi connectivity index (χ1) is 28.7. The number of hydrogen-bond donors (Lipinski definition) is 3. The van der Waals surface area contributed by atoms with E-state index in [1.165, 1.54) is 34.6 Å². The summed E-state index contributed by atoms with van der Waals surface area (Å²) in [5.74, 6) is -3.83. The third-order valence-electron chi connectivity index (χ3n) is 9.36. The number of halogens is 1. The average Bonchev–Trinajstić information content (AvgIpc) is 3.80. The van der Waals surface area contributed by atoms with Gasteiger partial charge in [-0.3, -0.25) is 14.4 Å². The standard InChI is InChI=1S/C45H41FN2O9S3.Na/c1-26(2)43-42(41(28-6-4-3-5-7-28)44(29-8-12-30(46)13-9-29)48(43)21-20-32(49)22-33(50)23-37(51)52)45(55)47-31-14-18-35(19-15-31)57-39(54)25-38(53)56-34-16-10-27(11-17-34)36-24-40(58)60-59-36;/h3-19,24,26,32-33,49-50H,20-23,25H2,1-2H3,(H,47,55)(H,51,52);/q;+1/p-1/t32-,33-;/m1./s1. The fourth-order valence-electron chi connectivity index (χ4n) is 6.79. The second kappa shape index (κ2) is 21.8. The summed E-state index contributed by atoms with van der Waals surface area (Å²) in [4.78, 5) is 51.7. The van der Waals surface area contributed by atoms with Crippen molar-refractivity contribution in [3.63, 3.8) is 0 Å². The first-order valence-electron chi connectivity index (χ1n) is 18.9. The van der Waals surface area contributed by atoms with Crippen molar-refractivity contribution in [2.45, 2.75) is 64.2 Å². The maximum absolute atomic E-state index is 14.5. The molecule has 6 rings (SSSR count). The van der Waals surface area contributed by atoms with E-state index in [9.17, 15) is 38.9 Å². The molecule has 2 aromatic heterocycles. The fourth-order valence-corrected chi connectivity index (χ4v) is 9.19. The topological polar surface area (TPSA) is 167 Å². The average molecular weight is 891 g/mol. The molecule has 2 atom stereocenters. The molecule has 0 spiro atoms. The smallest absolute Gasteiger partial charge is 0.550 e. The van der Waals surface area contributed by atoms with E-state index in [4.69, 9.17) is 21.7 Å². The minimum atomic E-state index is -1.43. The van der Waals surface area contributed by atoms with Crippen molar-refractivity contribution in [1.82, 2.24) is 4.57 Å². The summed E-state index contributed by atoms with van der Waals surface area (Å²) >= 11 is 5.19. The zero-order valence-corrected chi connectivity index (χ0v) is 37.9. The van der Waals surface area contributed by atoms with Gasteiger partial charge in [-0.05, 0) is 114 Å². The largest absolute Gasteiger partial charge is 1.00 e. The zero-order chi connectivity index (χ0) is 42.9. The Hall–Kier alpha value is -4.84. The van der Waals surface area contributed by atoms with Crippen LogP contribution in [0.2, 0.25) is 0 Å². The second-order valence-electron chi connectivity index (χ2n) is 14.2. The van der Waals surface area contributed by atoms with Crippen LogP contribution >= 0.6 is 32.9 Å². The van der Waals surface area contributed by atoms with E-state index >= 15 is 0 Å². The van der Waals surface area contributed by atoms with Crippen LogP contribution in [0, 0.1) is 9.64 Å². The van der Waals surface area contributed by atoms with Crippen LogP contribution in [0.4, 0.5) is 10.1 Å². The summed E-state index contributed by atoms with van der Waals surface area (Å²) in [6, 6.07) is 29.9. The number of rotatable bonds is 17. The zero-order valence-electron chi connectivity index (χ0n) is 33.5. The third-order valence-corrected chi connectivity index (χ3v) is 12.3. The number of carbonyl (C=O) groups excluding carboxylic acids is 4. The van der Waals surface area contributed by atoms with E-state index in [2.05, 4.69) is 5.32 Å². The van der Waals surface area contributed by atoms with Gasteiger partial charge in [-0.1, -0.05) is 77.1 Å². The van der Waals surface area contributed by atoms with E-state index in [1.807, 2.05) is 54.8 Å². The van der Waals surface area contributed by atoms with Gasteiger partial charge < -0.3 is 39.5 Å². The van der Waals surface area contributed by atoms with Crippen molar-refractivity contribution in [3.05, 3.63) is 130 Å². The minimum Gasteiger partial charge on any atom is -0.550 e. The monoisotopic (exact) mass is 890 g/mol. The van der Waals surface area contributed by atoms with Crippen LogP contribution in [-0.2, 0) is 20.9 Å². The fraction of sp³-hybridized carbons (Fsp3) is 0.222. The molecule has 310 valence electrons. The molecular weight excluding hydrogens is 851 g/mol. The van der Waals surface area contributed by atoms with Gasteiger partial charge in [0.15, 0.2) is 0 Å². The van der Waals surface area contributed by atoms with Crippen LogP contribution in [0.1, 0.15) is 61.5 Å². The van der Waals surface area contributed by atoms with Gasteiger partial charge in [0.2, 0.25) is 0 Å². The number of ether oxygens (including phenoxy) is 2. The second-order valence-corrected chi connectivity index (χ2v) is 17.1. The van der Waals surface area contributed by atoms with Crippen LogP contribution in [0.25, 0.3) is 32.8 Å². The Kier molecular flexibility index (Phi) is 16.9. The molecule has 0 saturated carbocycles. The number of carboxylic acids is 1. The van der Waals surface area contributed by atoms with Gasteiger partial charge in [0.1, 0.15) is 27.6 Å². The summed E-state index contributed by atoms with van der Waals surface area (Å²) in [5.41, 5.74) is 4.73. The van der Waals surface area contributed by atoms with Gasteiger partial charge in [-0.25, -0.2) is 4.39 Å². The Morgan fingerprint density at radius 1 is 0.803 bits per heavy atom. The van der Waals surface area contributed by atoms with Crippen molar-refractivity contribution in [2.24, 2.45) is 0 Å². The van der Waals surface area contributed by atoms with Crippen LogP contribution in [0.3, 0.4) is 0 Å². The molecular formula is C45H40FN2NaO9S3. The van der Waals surface area contributed by atoms with Gasteiger partial charge in [0, 0.05) is 40.8 Å². The maximum atomic E-state index is 14.5. The van der Waals surface area contributed by atoms with E-state index in [-0.39, 0.29) is 66.4 Å². The van der Waals surface area contributed by atoms with Gasteiger partial charge in [-0.15, -0.1) is 0 Å². The Balaban J connectivity index is 0.00000704. The SMILES string of the molecule is CC(C)c1c(C(=O)Nc2ccc(OC(=O)CC(=O)Oc3ccc(-c4cc(=S)ss4)cc3)cc2)c(-c2ccccc2)c(-c2ccc(F)cc2)n1CC[C@@H](O)C[C@@H](O)CC(=O)[O-].[Na+]. The molecule has 11 nitrogen and oxygen atoms in total. The summed E-state index contributed by atoms with van der Waals surface area (Å²) in [6.45, 7) is 4.01. The number of nitrogens with one attached hydrogen (secondary N) is 1. The van der Waals surface area contributed by atoms with E-state index in [0.717, 1.165) is 14.3 Å². The Labute approximate surface area is 386 Å². The quantitative estimate of drug-likeness (QED) is 0.0270. The van der Waals surface area contributed by atoms with Crippen LogP contribution in [0.5, 0.6) is 11.5 Å². The van der Waals surface area contributed by atoms with Crippen LogP contribution in [-0.4, -0.2) is 50.8 Å². The number of aliphatic carboxylic acids is 1. The molecule has 0 radical (unpaired) electrons. The van der Waals surface area contributed by atoms with Gasteiger partial charge in [0.25, 0.3) is 5.91 Å². The predicted molar refractivity (Wildman–Crippen MR) is 229 cm³/mol. The van der Waals surface area contributed by atoms with Crippen molar-refractivity contribution in [2.75, 3.05) is 5.32 Å². The Bertz CT molecular complexity index is 2520. The van der Waals surface area contributed by atoms with Gasteiger partial charge in [0.05, 0.1) is 23.5 Å². The Morgan fingerprint density at radius 2 is 1.39 bits per heavy atom. The van der Waals surface area contributed by atoms with E-state index in [1.54, 1.807) is 58.9 Å². The molecule has 0 bridgehead atoms. The van der Waals surface area contributed by atoms with Gasteiger partial charge >= 0.3 is 41.5 Å². The molecule has 61 heavy (non-hydrogen) atoms. The predicted octanol–water partition coefficient (Wildman–Crippen LogP) is 5.40. The summed E-state index contributed by atoms with van der Waals surface area (Å²) in [5, 5.41) is 35.0. The number of esters is 2. The molecule has 0 aliphatic carbocycles. The summed E-state index contributed by atoms with van der Waals surface area (Å²) in [7, 11) is 3.05. The molecule has 16 heteroatoms.